The van der Waals surface area contributed by atoms with E-state index >= 15 is 0 Å². The molecule has 0 N–H and O–H groups in total. The van der Waals surface area contributed by atoms with E-state index in [1.54, 1.807) is 0 Å². The summed E-state index contributed by atoms with van der Waals surface area (Å²) in [5.74, 6) is 0.520. The highest BCUT2D eigenvalue weighted by Crippen LogP contribution is 2.30. The number of rotatable bonds is 4. The zero-order chi connectivity index (χ0) is 15.4. The van der Waals surface area contributed by atoms with E-state index in [1.807, 2.05) is 0 Å². The lowest BCUT2D eigenvalue weighted by Gasteiger charge is -2.18. The highest BCUT2D eigenvalue weighted by atomic mass is 14.2. The van der Waals surface area contributed by atoms with Crippen molar-refractivity contribution in [3.63, 3.8) is 0 Å². The molecule has 0 radical (unpaired) electrons. The number of benzene rings is 3. The van der Waals surface area contributed by atoms with Crippen LogP contribution in [0.4, 0.5) is 0 Å². The first-order chi connectivity index (χ1) is 10.8. The summed E-state index contributed by atoms with van der Waals surface area (Å²) in [5.41, 5.74) is 6.90. The van der Waals surface area contributed by atoms with Crippen molar-refractivity contribution in [3.05, 3.63) is 95.6 Å². The molecule has 0 saturated heterocycles. The van der Waals surface area contributed by atoms with Gasteiger partial charge in [-0.2, -0.15) is 0 Å². The summed E-state index contributed by atoms with van der Waals surface area (Å²) >= 11 is 0. The van der Waals surface area contributed by atoms with E-state index in [-0.39, 0.29) is 0 Å². The second-order valence-corrected chi connectivity index (χ2v) is 5.98. The van der Waals surface area contributed by atoms with Crippen molar-refractivity contribution in [1.82, 2.24) is 0 Å². The van der Waals surface area contributed by atoms with Crippen LogP contribution in [-0.2, 0) is 6.42 Å². The SMILES string of the molecule is Cc1c(-c2ccccc2)cccc1C(C)Cc1ccccc1. The van der Waals surface area contributed by atoms with Crippen LogP contribution in [0.5, 0.6) is 0 Å². The normalized spacial score (nSPS) is 12.1. The highest BCUT2D eigenvalue weighted by Gasteiger charge is 2.12. The molecule has 3 aromatic carbocycles. The molecule has 3 aromatic rings. The van der Waals surface area contributed by atoms with Crippen molar-refractivity contribution in [3.8, 4) is 11.1 Å². The first-order valence-corrected chi connectivity index (χ1v) is 7.94. The van der Waals surface area contributed by atoms with Gasteiger partial charge in [0, 0.05) is 0 Å². The van der Waals surface area contributed by atoms with Gasteiger partial charge in [-0.3, -0.25) is 0 Å². The number of hydrogen-bond donors (Lipinski definition) is 0. The van der Waals surface area contributed by atoms with Gasteiger partial charge < -0.3 is 0 Å². The summed E-state index contributed by atoms with van der Waals surface area (Å²) in [4.78, 5) is 0. The highest BCUT2D eigenvalue weighted by molar-refractivity contribution is 5.68. The molecule has 22 heavy (non-hydrogen) atoms. The Balaban J connectivity index is 1.91. The summed E-state index contributed by atoms with van der Waals surface area (Å²) in [6, 6.07) is 28.1. The van der Waals surface area contributed by atoms with E-state index < -0.39 is 0 Å². The van der Waals surface area contributed by atoms with Gasteiger partial charge in [0.25, 0.3) is 0 Å². The Morgan fingerprint density at radius 2 is 1.36 bits per heavy atom. The Hall–Kier alpha value is -2.34. The first kappa shape index (κ1) is 14.6. The monoisotopic (exact) mass is 286 g/mol. The van der Waals surface area contributed by atoms with Gasteiger partial charge in [0.05, 0.1) is 0 Å². The van der Waals surface area contributed by atoms with Crippen molar-refractivity contribution in [1.29, 1.82) is 0 Å². The van der Waals surface area contributed by atoms with Crippen molar-refractivity contribution >= 4 is 0 Å². The van der Waals surface area contributed by atoms with Crippen LogP contribution in [0.2, 0.25) is 0 Å². The van der Waals surface area contributed by atoms with Crippen molar-refractivity contribution < 1.29 is 0 Å². The molecule has 0 aliphatic carbocycles. The first-order valence-electron chi connectivity index (χ1n) is 7.94. The van der Waals surface area contributed by atoms with Gasteiger partial charge in [-0.05, 0) is 47.1 Å². The minimum Gasteiger partial charge on any atom is -0.0622 e. The molecule has 0 amide bonds. The van der Waals surface area contributed by atoms with E-state index in [0.717, 1.165) is 6.42 Å². The zero-order valence-corrected chi connectivity index (χ0v) is 13.3. The van der Waals surface area contributed by atoms with Gasteiger partial charge in [-0.15, -0.1) is 0 Å². The van der Waals surface area contributed by atoms with E-state index in [9.17, 15) is 0 Å². The molecular formula is C22H22. The Kier molecular flexibility index (Phi) is 4.39. The summed E-state index contributed by atoms with van der Waals surface area (Å²) < 4.78 is 0. The third-order valence-electron chi connectivity index (χ3n) is 4.38. The molecule has 0 nitrogen and oxygen atoms in total. The van der Waals surface area contributed by atoms with Crippen LogP contribution >= 0.6 is 0 Å². The van der Waals surface area contributed by atoms with Crippen LogP contribution in [-0.4, -0.2) is 0 Å². The van der Waals surface area contributed by atoms with Crippen molar-refractivity contribution in [2.75, 3.05) is 0 Å². The Labute approximate surface area is 133 Å². The molecule has 0 heteroatoms. The molecule has 0 aliphatic heterocycles. The second-order valence-electron chi connectivity index (χ2n) is 5.98. The maximum absolute atomic E-state index is 2.32. The standard InChI is InChI=1S/C22H22/c1-17(16-19-10-5-3-6-11-19)21-14-9-15-22(18(21)2)20-12-7-4-8-13-20/h3-15,17H,16H2,1-2H3. The van der Waals surface area contributed by atoms with E-state index in [1.165, 1.54) is 27.8 Å². The summed E-state index contributed by atoms with van der Waals surface area (Å²) in [5, 5.41) is 0. The molecule has 1 unspecified atom stereocenters. The Morgan fingerprint density at radius 3 is 2.05 bits per heavy atom. The van der Waals surface area contributed by atoms with Crippen LogP contribution in [0, 0.1) is 6.92 Å². The molecule has 3 rings (SSSR count). The van der Waals surface area contributed by atoms with Gasteiger partial charge in [0.2, 0.25) is 0 Å². The Morgan fingerprint density at radius 1 is 0.727 bits per heavy atom. The topological polar surface area (TPSA) is 0 Å². The molecule has 0 bridgehead atoms. The van der Waals surface area contributed by atoms with Gasteiger partial charge in [-0.25, -0.2) is 0 Å². The van der Waals surface area contributed by atoms with Crippen molar-refractivity contribution in [2.24, 2.45) is 0 Å². The summed E-state index contributed by atoms with van der Waals surface area (Å²) in [6.45, 7) is 4.57. The lowest BCUT2D eigenvalue weighted by Crippen LogP contribution is -2.02. The quantitative estimate of drug-likeness (QED) is 0.551. The number of hydrogen-bond acceptors (Lipinski definition) is 0. The molecule has 1 atom stereocenters. The van der Waals surface area contributed by atoms with Crippen LogP contribution in [0.15, 0.2) is 78.9 Å². The van der Waals surface area contributed by atoms with E-state index in [4.69, 9.17) is 0 Å². The average Bonchev–Trinajstić information content (AvgIpc) is 2.56. The fraction of sp³-hybridized carbons (Fsp3) is 0.182. The third kappa shape index (κ3) is 3.12. The second kappa shape index (κ2) is 6.62. The molecule has 0 aliphatic rings. The predicted octanol–water partition coefficient (Wildman–Crippen LogP) is 6.01. The van der Waals surface area contributed by atoms with Crippen LogP contribution in [0.3, 0.4) is 0 Å². The molecule has 0 saturated carbocycles. The molecule has 110 valence electrons. The molecular weight excluding hydrogens is 264 g/mol. The van der Waals surface area contributed by atoms with E-state index in [0.29, 0.717) is 5.92 Å². The predicted molar refractivity (Wildman–Crippen MR) is 95.2 cm³/mol. The zero-order valence-electron chi connectivity index (χ0n) is 13.3. The van der Waals surface area contributed by atoms with Crippen LogP contribution in [0.1, 0.15) is 29.5 Å². The minimum absolute atomic E-state index is 0.520. The van der Waals surface area contributed by atoms with E-state index in [2.05, 4.69) is 92.7 Å². The molecule has 0 aromatic heterocycles. The van der Waals surface area contributed by atoms with Crippen molar-refractivity contribution in [2.45, 2.75) is 26.2 Å². The molecule has 0 heterocycles. The van der Waals surface area contributed by atoms with Gasteiger partial charge >= 0.3 is 0 Å². The summed E-state index contributed by atoms with van der Waals surface area (Å²) in [6.07, 6.45) is 1.08. The van der Waals surface area contributed by atoms with Gasteiger partial charge in [-0.1, -0.05) is 85.8 Å². The fourth-order valence-electron chi connectivity index (χ4n) is 3.20. The Bertz CT molecular complexity index is 727. The fourth-order valence-corrected chi connectivity index (χ4v) is 3.20. The maximum atomic E-state index is 2.32. The lowest BCUT2D eigenvalue weighted by molar-refractivity contribution is 0.753. The lowest BCUT2D eigenvalue weighted by atomic mass is 9.87. The molecule has 0 fully saturated rings. The molecule has 0 spiro atoms. The van der Waals surface area contributed by atoms with Crippen LogP contribution < -0.4 is 0 Å². The maximum Gasteiger partial charge on any atom is -0.0147 e. The van der Waals surface area contributed by atoms with Gasteiger partial charge in [0.1, 0.15) is 0 Å². The average molecular weight is 286 g/mol. The van der Waals surface area contributed by atoms with Gasteiger partial charge in [0.15, 0.2) is 0 Å². The van der Waals surface area contributed by atoms with Crippen LogP contribution in [0.25, 0.3) is 11.1 Å². The minimum atomic E-state index is 0.520. The smallest absolute Gasteiger partial charge is 0.0147 e. The third-order valence-corrected chi connectivity index (χ3v) is 4.38. The largest absolute Gasteiger partial charge is 0.0622 e. The summed E-state index contributed by atoms with van der Waals surface area (Å²) in [7, 11) is 0.